The van der Waals surface area contributed by atoms with Crippen LogP contribution in [-0.4, -0.2) is 53.8 Å². The molecule has 13 heteroatoms. The second kappa shape index (κ2) is 13.5. The number of carbonyl (C=O) groups is 5. The number of ether oxygens (including phenoxy) is 2. The van der Waals surface area contributed by atoms with Crippen LogP contribution in [0.5, 0.6) is 0 Å². The number of halogens is 4. The molecule has 3 rings (SSSR count). The summed E-state index contributed by atoms with van der Waals surface area (Å²) in [6.07, 6.45) is 0.183. The van der Waals surface area contributed by atoms with Gasteiger partial charge in [-0.1, -0.05) is 13.8 Å². The van der Waals surface area contributed by atoms with E-state index in [1.54, 1.807) is 6.92 Å². The lowest BCUT2D eigenvalue weighted by Gasteiger charge is -2.26. The van der Waals surface area contributed by atoms with Crippen molar-refractivity contribution in [3.8, 4) is 0 Å². The number of imide groups is 1. The third kappa shape index (κ3) is 6.79. The molecule has 1 unspecified atom stereocenters. The number of amides is 3. The van der Waals surface area contributed by atoms with E-state index in [9.17, 15) is 24.0 Å². The van der Waals surface area contributed by atoms with Crippen LogP contribution in [0.1, 0.15) is 58.3 Å². The van der Waals surface area contributed by atoms with E-state index in [0.717, 1.165) is 12.0 Å². The van der Waals surface area contributed by atoms with Gasteiger partial charge in [0.2, 0.25) is 0 Å². The summed E-state index contributed by atoms with van der Waals surface area (Å²) < 4.78 is 13.3. The summed E-state index contributed by atoms with van der Waals surface area (Å²) in [6, 6.07) is 4.88. The second-order valence-electron chi connectivity index (χ2n) is 8.59. The first-order chi connectivity index (χ1) is 17.9. The zero-order chi connectivity index (χ0) is 28.3. The van der Waals surface area contributed by atoms with Crippen LogP contribution in [0, 0.1) is 20.2 Å². The summed E-state index contributed by atoms with van der Waals surface area (Å²) in [5.41, 5.74) is 1.31. The molecule has 0 radical (unpaired) electrons. The summed E-state index contributed by atoms with van der Waals surface area (Å²) in [5.74, 6) is -3.05. The molecule has 0 bridgehead atoms. The topological polar surface area (TPSA) is 119 Å². The molecular weight excluding hydrogens is 948 g/mol. The van der Waals surface area contributed by atoms with Crippen LogP contribution in [0.25, 0.3) is 0 Å². The van der Waals surface area contributed by atoms with E-state index < -0.39 is 42.3 Å². The van der Waals surface area contributed by atoms with Gasteiger partial charge in [0.15, 0.2) is 6.61 Å². The van der Waals surface area contributed by atoms with Crippen molar-refractivity contribution in [2.24, 2.45) is 5.92 Å². The first kappa shape index (κ1) is 31.4. The Hall–Kier alpha value is -1.09. The van der Waals surface area contributed by atoms with Crippen molar-refractivity contribution in [1.29, 1.82) is 0 Å². The Morgan fingerprint density at radius 3 is 1.87 bits per heavy atom. The maximum atomic E-state index is 13.4. The van der Waals surface area contributed by atoms with E-state index in [0.29, 0.717) is 18.4 Å². The van der Waals surface area contributed by atoms with Crippen LogP contribution < -0.4 is 5.32 Å². The molecule has 38 heavy (non-hydrogen) atoms. The minimum atomic E-state index is -1.18. The fourth-order valence-corrected chi connectivity index (χ4v) is 7.39. The molecular formula is C25H22I4N2O7. The fourth-order valence-electron chi connectivity index (χ4n) is 3.74. The lowest BCUT2D eigenvalue weighted by Crippen LogP contribution is -2.47. The number of hydrogen-bond acceptors (Lipinski definition) is 7. The van der Waals surface area contributed by atoms with E-state index in [-0.39, 0.29) is 30.1 Å². The van der Waals surface area contributed by atoms with E-state index in [1.165, 1.54) is 24.3 Å². The van der Waals surface area contributed by atoms with Gasteiger partial charge >= 0.3 is 11.9 Å². The predicted molar refractivity (Wildman–Crippen MR) is 173 cm³/mol. The summed E-state index contributed by atoms with van der Waals surface area (Å²) in [5, 5.41) is 2.58. The van der Waals surface area contributed by atoms with Crippen LogP contribution in [0.3, 0.4) is 0 Å². The van der Waals surface area contributed by atoms with Gasteiger partial charge in [-0.25, -0.2) is 9.59 Å². The molecule has 1 heterocycles. The Labute approximate surface area is 274 Å². The van der Waals surface area contributed by atoms with Crippen LogP contribution in [-0.2, 0) is 19.1 Å². The number of anilines is 1. The number of fused-ring (bicyclic) bond motifs is 1. The van der Waals surface area contributed by atoms with Crippen LogP contribution in [0.15, 0.2) is 24.3 Å². The Kier molecular flexibility index (Phi) is 11.2. The third-order valence-electron chi connectivity index (χ3n) is 5.44. The highest BCUT2D eigenvalue weighted by atomic mass is 127. The Balaban J connectivity index is 1.74. The van der Waals surface area contributed by atoms with Crippen molar-refractivity contribution in [2.75, 3.05) is 18.5 Å². The zero-order valence-corrected chi connectivity index (χ0v) is 29.0. The molecule has 0 aromatic heterocycles. The molecule has 0 fully saturated rings. The summed E-state index contributed by atoms with van der Waals surface area (Å²) in [4.78, 5) is 65.2. The molecule has 1 N–H and O–H groups in total. The molecule has 202 valence electrons. The number of nitrogens with zero attached hydrogens (tertiary/aromatic N) is 1. The van der Waals surface area contributed by atoms with Crippen molar-refractivity contribution in [3.05, 3.63) is 55.2 Å². The highest BCUT2D eigenvalue weighted by molar-refractivity contribution is 14.1. The number of esters is 2. The lowest BCUT2D eigenvalue weighted by atomic mass is 10.0. The average Bonchev–Trinajstić information content (AvgIpc) is 3.13. The highest BCUT2D eigenvalue weighted by Crippen LogP contribution is 2.38. The normalized spacial score (nSPS) is 13.4. The molecule has 9 nitrogen and oxygen atoms in total. The van der Waals surface area contributed by atoms with Gasteiger partial charge < -0.3 is 14.8 Å². The van der Waals surface area contributed by atoms with Gasteiger partial charge in [0.05, 0.1) is 23.3 Å². The van der Waals surface area contributed by atoms with Gasteiger partial charge in [-0.3, -0.25) is 19.3 Å². The first-order valence-corrected chi connectivity index (χ1v) is 15.7. The Bertz CT molecular complexity index is 1270. The first-order valence-electron chi connectivity index (χ1n) is 11.4. The Morgan fingerprint density at radius 1 is 0.868 bits per heavy atom. The molecule has 0 saturated carbocycles. The second-order valence-corrected chi connectivity index (χ2v) is 12.9. The molecule has 2 aromatic carbocycles. The molecule has 0 spiro atoms. The molecule has 1 aliphatic rings. The smallest absolute Gasteiger partial charge is 0.338 e. The maximum Gasteiger partial charge on any atom is 0.338 e. The summed E-state index contributed by atoms with van der Waals surface area (Å²) in [6.45, 7) is 5.07. The molecule has 1 atom stereocenters. The zero-order valence-electron chi connectivity index (χ0n) is 20.4. The van der Waals surface area contributed by atoms with Gasteiger partial charge in [0.1, 0.15) is 6.04 Å². The van der Waals surface area contributed by atoms with Crippen molar-refractivity contribution in [2.45, 2.75) is 33.2 Å². The van der Waals surface area contributed by atoms with Gasteiger partial charge in [0.25, 0.3) is 17.7 Å². The monoisotopic (exact) mass is 970 g/mol. The van der Waals surface area contributed by atoms with Gasteiger partial charge in [0, 0.05) is 20.0 Å². The minimum Gasteiger partial charge on any atom is -0.462 e. The number of benzene rings is 2. The third-order valence-corrected chi connectivity index (χ3v) is 12.8. The summed E-state index contributed by atoms with van der Waals surface area (Å²) in [7, 11) is 0. The lowest BCUT2D eigenvalue weighted by molar-refractivity contribution is -0.151. The average molecular weight is 970 g/mol. The number of carbonyl (C=O) groups excluding carboxylic acids is 5. The maximum absolute atomic E-state index is 13.4. The van der Waals surface area contributed by atoms with E-state index >= 15 is 0 Å². The molecule has 1 aliphatic heterocycles. The standard InChI is InChI=1S/C25H22I4N2O7/c1-4-37-24(35)12-5-7-13(8-6-12)30-15(32)10-38-25(36)14(9-11(2)3)31-22(33)16-17(23(31)34)19(27)21(29)20(28)18(16)26/h5-8,11,14H,4,9-10H2,1-3H3,(H,30,32). The largest absolute Gasteiger partial charge is 0.462 e. The van der Waals surface area contributed by atoms with Gasteiger partial charge in [-0.2, -0.15) is 0 Å². The van der Waals surface area contributed by atoms with Gasteiger partial charge in [-0.05, 0) is 134 Å². The van der Waals surface area contributed by atoms with Crippen molar-refractivity contribution < 1.29 is 33.4 Å². The fraction of sp³-hybridized carbons (Fsp3) is 0.320. The van der Waals surface area contributed by atoms with Crippen LogP contribution in [0.2, 0.25) is 0 Å². The minimum absolute atomic E-state index is 0.0398. The number of hydrogen-bond donors (Lipinski definition) is 1. The number of rotatable bonds is 9. The summed E-state index contributed by atoms with van der Waals surface area (Å²) >= 11 is 8.38. The van der Waals surface area contributed by atoms with Crippen LogP contribution >= 0.6 is 90.4 Å². The van der Waals surface area contributed by atoms with Crippen molar-refractivity contribution >= 4 is 126 Å². The Morgan fingerprint density at radius 2 is 1.39 bits per heavy atom. The van der Waals surface area contributed by atoms with E-state index in [4.69, 9.17) is 9.47 Å². The molecule has 2 aromatic rings. The molecule has 0 saturated heterocycles. The molecule has 0 aliphatic carbocycles. The molecule has 3 amide bonds. The van der Waals surface area contributed by atoms with Crippen molar-refractivity contribution in [1.82, 2.24) is 4.90 Å². The van der Waals surface area contributed by atoms with Crippen molar-refractivity contribution in [3.63, 3.8) is 0 Å². The van der Waals surface area contributed by atoms with Crippen LogP contribution in [0.4, 0.5) is 5.69 Å². The predicted octanol–water partition coefficient (Wildman–Crippen LogP) is 5.47. The SMILES string of the molecule is CCOC(=O)c1ccc(NC(=O)COC(=O)C(CC(C)C)N2C(=O)c3c(I)c(I)c(I)c(I)c3C2=O)cc1. The number of nitrogens with one attached hydrogen (secondary N) is 1. The van der Waals surface area contributed by atoms with E-state index in [2.05, 4.69) is 50.5 Å². The quantitative estimate of drug-likeness (QED) is 0.117. The van der Waals surface area contributed by atoms with Gasteiger partial charge in [-0.15, -0.1) is 0 Å². The van der Waals surface area contributed by atoms with E-state index in [1.807, 2.05) is 59.0 Å². The highest BCUT2D eigenvalue weighted by Gasteiger charge is 2.47.